The fourth-order valence-corrected chi connectivity index (χ4v) is 2.24. The van der Waals surface area contributed by atoms with Gasteiger partial charge in [-0.15, -0.1) is 12.4 Å². The van der Waals surface area contributed by atoms with Crippen LogP contribution in [0.4, 0.5) is 0 Å². The minimum absolute atomic E-state index is 0. The highest BCUT2D eigenvalue weighted by Gasteiger charge is 2.18. The molecule has 5 nitrogen and oxygen atoms in total. The van der Waals surface area contributed by atoms with Gasteiger partial charge >= 0.3 is 0 Å². The van der Waals surface area contributed by atoms with Crippen molar-refractivity contribution in [2.24, 2.45) is 5.92 Å². The molecule has 20 heavy (non-hydrogen) atoms. The summed E-state index contributed by atoms with van der Waals surface area (Å²) in [5.41, 5.74) is 0.546. The first-order valence-electron chi connectivity index (χ1n) is 7.01. The van der Waals surface area contributed by atoms with E-state index >= 15 is 0 Å². The van der Waals surface area contributed by atoms with Gasteiger partial charge in [0.25, 0.3) is 5.91 Å². The number of halogens is 1. The van der Waals surface area contributed by atoms with Gasteiger partial charge in [-0.05, 0) is 52.6 Å². The summed E-state index contributed by atoms with van der Waals surface area (Å²) in [6.07, 6.45) is 5.84. The molecule has 1 fully saturated rings. The van der Waals surface area contributed by atoms with Crippen LogP contribution in [0.1, 0.15) is 44.0 Å². The van der Waals surface area contributed by atoms with Gasteiger partial charge in [0.15, 0.2) is 0 Å². The Bertz CT molecular complexity index is 433. The molecular weight excluding hydrogens is 276 g/mol. The van der Waals surface area contributed by atoms with Gasteiger partial charge in [-0.2, -0.15) is 5.10 Å². The zero-order valence-electron chi connectivity index (χ0n) is 12.5. The minimum Gasteiger partial charge on any atom is -0.352 e. The molecule has 1 aliphatic rings. The normalized spacial score (nSPS) is 19.2. The maximum atomic E-state index is 12.0. The Hall–Kier alpha value is -1.07. The van der Waals surface area contributed by atoms with Crippen molar-refractivity contribution in [2.45, 2.75) is 39.2 Å². The van der Waals surface area contributed by atoms with E-state index in [1.165, 1.54) is 12.8 Å². The molecule has 0 radical (unpaired) electrons. The van der Waals surface area contributed by atoms with Crippen molar-refractivity contribution < 1.29 is 4.79 Å². The number of nitrogens with one attached hydrogen (secondary N) is 2. The van der Waals surface area contributed by atoms with E-state index < -0.39 is 0 Å². The number of piperidine rings is 1. The predicted molar refractivity (Wildman–Crippen MR) is 82.4 cm³/mol. The molecule has 1 aliphatic heterocycles. The Kier molecular flexibility index (Phi) is 6.02. The van der Waals surface area contributed by atoms with Crippen LogP contribution in [0.5, 0.6) is 0 Å². The molecule has 2 heterocycles. The van der Waals surface area contributed by atoms with Crippen LogP contribution in [-0.2, 0) is 5.54 Å². The van der Waals surface area contributed by atoms with E-state index in [2.05, 4.69) is 36.5 Å². The van der Waals surface area contributed by atoms with Crippen LogP contribution in [0.15, 0.2) is 12.4 Å². The van der Waals surface area contributed by atoms with Crippen molar-refractivity contribution in [3.05, 3.63) is 18.0 Å². The third kappa shape index (κ3) is 4.49. The largest absolute Gasteiger partial charge is 0.352 e. The van der Waals surface area contributed by atoms with E-state index in [0.717, 1.165) is 19.6 Å². The lowest BCUT2D eigenvalue weighted by atomic mass is 10.00. The van der Waals surface area contributed by atoms with Gasteiger partial charge in [0.05, 0.1) is 17.3 Å². The third-order valence-corrected chi connectivity index (χ3v) is 3.48. The zero-order chi connectivity index (χ0) is 13.9. The highest BCUT2D eigenvalue weighted by atomic mass is 35.5. The van der Waals surface area contributed by atoms with Crippen LogP contribution in [0.25, 0.3) is 0 Å². The summed E-state index contributed by atoms with van der Waals surface area (Å²) in [4.78, 5) is 12.0. The molecule has 1 atom stereocenters. The number of aromatic nitrogens is 2. The number of carbonyl (C=O) groups is 1. The summed E-state index contributed by atoms with van der Waals surface area (Å²) in [5.74, 6) is 0.524. The Morgan fingerprint density at radius 1 is 1.55 bits per heavy atom. The molecule has 1 aromatic heterocycles. The molecule has 0 spiro atoms. The summed E-state index contributed by atoms with van der Waals surface area (Å²) < 4.78 is 1.82. The van der Waals surface area contributed by atoms with Gasteiger partial charge in [0.1, 0.15) is 0 Å². The molecule has 2 rings (SSSR count). The van der Waals surface area contributed by atoms with Gasteiger partial charge < -0.3 is 10.6 Å². The van der Waals surface area contributed by atoms with Crippen molar-refractivity contribution in [2.75, 3.05) is 19.6 Å². The lowest BCUT2D eigenvalue weighted by molar-refractivity contribution is 0.0944. The Balaban J connectivity index is 0.00000200. The Labute approximate surface area is 126 Å². The minimum atomic E-state index is -0.0914. The van der Waals surface area contributed by atoms with Crippen molar-refractivity contribution >= 4 is 18.3 Å². The van der Waals surface area contributed by atoms with Gasteiger partial charge in [-0.1, -0.05) is 0 Å². The summed E-state index contributed by atoms with van der Waals surface area (Å²) >= 11 is 0. The van der Waals surface area contributed by atoms with E-state index in [1.807, 2.05) is 10.9 Å². The number of hydrogen-bond acceptors (Lipinski definition) is 3. The van der Waals surface area contributed by atoms with Crippen LogP contribution in [0.3, 0.4) is 0 Å². The maximum absolute atomic E-state index is 12.0. The van der Waals surface area contributed by atoms with Crippen molar-refractivity contribution in [1.82, 2.24) is 20.4 Å². The van der Waals surface area contributed by atoms with Crippen LogP contribution >= 0.6 is 12.4 Å². The summed E-state index contributed by atoms with van der Waals surface area (Å²) in [6, 6.07) is 0. The van der Waals surface area contributed by atoms with Crippen LogP contribution in [-0.4, -0.2) is 35.3 Å². The topological polar surface area (TPSA) is 59.0 Å². The lowest BCUT2D eigenvalue weighted by Crippen LogP contribution is -2.38. The Morgan fingerprint density at radius 3 is 2.85 bits per heavy atom. The first-order chi connectivity index (χ1) is 8.97. The first kappa shape index (κ1) is 17.0. The monoisotopic (exact) mass is 300 g/mol. The molecule has 0 bridgehead atoms. The zero-order valence-corrected chi connectivity index (χ0v) is 13.3. The van der Waals surface area contributed by atoms with E-state index in [9.17, 15) is 4.79 Å². The molecule has 0 saturated carbocycles. The highest BCUT2D eigenvalue weighted by Crippen LogP contribution is 2.13. The smallest absolute Gasteiger partial charge is 0.254 e. The maximum Gasteiger partial charge on any atom is 0.254 e. The van der Waals surface area contributed by atoms with E-state index in [0.29, 0.717) is 11.5 Å². The average Bonchev–Trinajstić information content (AvgIpc) is 2.87. The van der Waals surface area contributed by atoms with Crippen molar-refractivity contribution in [3.63, 3.8) is 0 Å². The number of nitrogens with zero attached hydrogens (tertiary/aromatic N) is 2. The second-order valence-corrected chi connectivity index (χ2v) is 6.27. The van der Waals surface area contributed by atoms with Gasteiger partial charge in [0, 0.05) is 12.7 Å². The molecule has 2 N–H and O–H groups in total. The van der Waals surface area contributed by atoms with Crippen molar-refractivity contribution in [3.8, 4) is 0 Å². The quantitative estimate of drug-likeness (QED) is 0.895. The summed E-state index contributed by atoms with van der Waals surface area (Å²) in [6.45, 7) is 9.04. The SMILES string of the molecule is CC(C)(C)n1cc(C(=O)NCC2CCCNC2)cn1.Cl. The van der Waals surface area contributed by atoms with Crippen LogP contribution < -0.4 is 10.6 Å². The molecule has 1 saturated heterocycles. The standard InChI is InChI=1S/C14H24N4O.ClH/c1-14(2,3)18-10-12(9-17-18)13(19)16-8-11-5-4-6-15-7-11;/h9-11,15H,4-8H2,1-3H3,(H,16,19);1H. The second kappa shape index (κ2) is 7.09. The number of hydrogen-bond donors (Lipinski definition) is 2. The summed E-state index contributed by atoms with van der Waals surface area (Å²) in [7, 11) is 0. The molecule has 6 heteroatoms. The molecule has 0 aromatic carbocycles. The van der Waals surface area contributed by atoms with E-state index in [-0.39, 0.29) is 23.9 Å². The number of amides is 1. The van der Waals surface area contributed by atoms with E-state index in [4.69, 9.17) is 0 Å². The van der Waals surface area contributed by atoms with Crippen LogP contribution in [0, 0.1) is 5.92 Å². The van der Waals surface area contributed by atoms with Crippen molar-refractivity contribution in [1.29, 1.82) is 0 Å². The molecule has 1 aromatic rings. The third-order valence-electron chi connectivity index (χ3n) is 3.48. The van der Waals surface area contributed by atoms with Gasteiger partial charge in [-0.3, -0.25) is 9.48 Å². The van der Waals surface area contributed by atoms with Gasteiger partial charge in [-0.25, -0.2) is 0 Å². The van der Waals surface area contributed by atoms with Gasteiger partial charge in [0.2, 0.25) is 0 Å². The van der Waals surface area contributed by atoms with E-state index in [1.54, 1.807) is 6.20 Å². The molecule has 1 amide bonds. The predicted octanol–water partition coefficient (Wildman–Crippen LogP) is 1.79. The molecule has 0 aliphatic carbocycles. The molecule has 114 valence electrons. The summed E-state index contributed by atoms with van der Waals surface area (Å²) in [5, 5.41) is 10.6. The second-order valence-electron chi connectivity index (χ2n) is 6.27. The average molecular weight is 301 g/mol. The fraction of sp³-hybridized carbons (Fsp3) is 0.714. The molecule has 1 unspecified atom stereocenters. The lowest BCUT2D eigenvalue weighted by Gasteiger charge is -2.22. The highest BCUT2D eigenvalue weighted by molar-refractivity contribution is 5.93. The fourth-order valence-electron chi connectivity index (χ4n) is 2.24. The molecular formula is C14H25ClN4O. The van der Waals surface area contributed by atoms with Crippen LogP contribution in [0.2, 0.25) is 0 Å². The Morgan fingerprint density at radius 2 is 2.30 bits per heavy atom. The number of carbonyl (C=O) groups excluding carboxylic acids is 1. The number of rotatable bonds is 3. The first-order valence-corrected chi connectivity index (χ1v) is 7.01.